The van der Waals surface area contributed by atoms with Crippen molar-refractivity contribution in [2.45, 2.75) is 63.6 Å². The van der Waals surface area contributed by atoms with E-state index in [-0.39, 0.29) is 0 Å². The summed E-state index contributed by atoms with van der Waals surface area (Å²) in [5.74, 6) is -10.8. The number of nitrogens with one attached hydrogen (secondary N) is 4. The number of carbonyl (C=O) groups is 8. The molecule has 14 N–H and O–H groups in total. The number of aliphatic hydroxyl groups excluding tert-OH is 2. The van der Waals surface area contributed by atoms with Gasteiger partial charge in [-0.05, 0) is 64.0 Å². The predicted molar refractivity (Wildman–Crippen MR) is 250 cm³/mol. The van der Waals surface area contributed by atoms with Crippen LogP contribution in [-0.2, 0) is 38.4 Å². The summed E-state index contributed by atoms with van der Waals surface area (Å²) >= 11 is 0. The molecule has 2 aromatic carbocycles. The minimum absolute atomic E-state index is 0.545. The van der Waals surface area contributed by atoms with Crippen molar-refractivity contribution in [2.75, 3.05) is 78.1 Å². The van der Waals surface area contributed by atoms with Crippen LogP contribution in [0.2, 0.25) is 0 Å². The highest BCUT2D eigenvalue weighted by atomic mass is 33.1. The highest BCUT2D eigenvalue weighted by Gasteiger charge is 2.13. The van der Waals surface area contributed by atoms with Crippen LogP contribution in [0.1, 0.15) is 74.7 Å². The maximum absolute atomic E-state index is 10.4. The molecule has 68 heavy (non-hydrogen) atoms. The van der Waals surface area contributed by atoms with Gasteiger partial charge in [0.15, 0.2) is 0 Å². The Morgan fingerprint density at radius 2 is 0.662 bits per heavy atom. The van der Waals surface area contributed by atoms with E-state index in [1.54, 1.807) is 14.2 Å². The molecule has 386 valence electrons. The van der Waals surface area contributed by atoms with E-state index in [1.807, 2.05) is 70.1 Å². The zero-order valence-electron chi connectivity index (χ0n) is 37.9. The molecule has 0 radical (unpaired) electrons. The Balaban J connectivity index is -0.00000143. The van der Waals surface area contributed by atoms with Crippen LogP contribution in [0.3, 0.4) is 0 Å². The normalized spacial score (nSPS) is 10.8. The third-order valence-electron chi connectivity index (χ3n) is 8.12. The van der Waals surface area contributed by atoms with Gasteiger partial charge in [-0.25, -0.2) is 38.4 Å². The zero-order chi connectivity index (χ0) is 52.1. The van der Waals surface area contributed by atoms with Gasteiger partial charge in [-0.15, -0.1) is 0 Å². The van der Waals surface area contributed by atoms with Gasteiger partial charge < -0.3 is 81.8 Å². The van der Waals surface area contributed by atoms with Gasteiger partial charge in [0.05, 0.1) is 26.4 Å². The number of ether oxygens (including phenoxy) is 2. The Labute approximate surface area is 401 Å². The Morgan fingerprint density at radius 1 is 0.412 bits per heavy atom. The van der Waals surface area contributed by atoms with E-state index < -0.39 is 60.0 Å². The molecule has 0 spiro atoms. The van der Waals surface area contributed by atoms with Crippen molar-refractivity contribution in [1.29, 1.82) is 0 Å². The third-order valence-corrected chi connectivity index (χ3v) is 10.5. The summed E-state index contributed by atoms with van der Waals surface area (Å²) in [7, 11) is 7.20. The van der Waals surface area contributed by atoms with Crippen molar-refractivity contribution >= 4 is 69.3 Å². The van der Waals surface area contributed by atoms with Gasteiger partial charge in [-0.1, -0.05) is 83.7 Å². The molecule has 0 aliphatic rings. The average molecular weight is 1010 g/mol. The first kappa shape index (κ1) is 66.5. The molecule has 0 aliphatic carbocycles. The van der Waals surface area contributed by atoms with Crippen LogP contribution in [-0.4, -0.2) is 177 Å². The Bertz CT molecular complexity index is 1520. The second kappa shape index (κ2) is 45.1. The number of hydrogen-bond acceptors (Lipinski definition) is 18. The summed E-state index contributed by atoms with van der Waals surface area (Å²) in [4.78, 5) is 72.8. The van der Waals surface area contributed by atoms with E-state index in [0.717, 1.165) is 86.2 Å². The Kier molecular flexibility index (Phi) is 44.1. The fourth-order valence-corrected chi connectivity index (χ4v) is 6.78. The monoisotopic (exact) mass is 1010 g/mol. The molecule has 0 amide bonds. The smallest absolute Gasteiger partial charge is 0.414 e. The van der Waals surface area contributed by atoms with Gasteiger partial charge in [-0.3, -0.25) is 0 Å². The second-order valence-corrected chi connectivity index (χ2v) is 16.0. The van der Waals surface area contributed by atoms with Gasteiger partial charge in [-0.2, -0.15) is 0 Å². The molecule has 2 rings (SSSR count). The Hall–Kier alpha value is -5.74. The summed E-state index contributed by atoms with van der Waals surface area (Å²) < 4.78 is 10.7. The van der Waals surface area contributed by atoms with Gasteiger partial charge in [0.1, 0.15) is 11.5 Å². The lowest BCUT2D eigenvalue weighted by molar-refractivity contribution is -0.159. The second-order valence-electron chi connectivity index (χ2n) is 13.3. The SMILES string of the molecule is COc1ccccc1C(O)CNCCCCCCNCCSSCCNCCCCCCNCC(O)c1ccccc1OC.O=C(O)C(=O)O.O=C(O)C(=O)O.O=C(O)C(=O)O.O=C(O)C(=O)O. The molecule has 2 aromatic rings. The molecule has 2 atom stereocenters. The van der Waals surface area contributed by atoms with Crippen LogP contribution in [0.5, 0.6) is 11.5 Å². The molecular formula is C42H66N4O20S2. The minimum atomic E-state index is -1.82. The highest BCUT2D eigenvalue weighted by molar-refractivity contribution is 8.76. The topological polar surface area (TPSA) is 405 Å². The number of benzene rings is 2. The van der Waals surface area contributed by atoms with Crippen LogP contribution in [0, 0.1) is 0 Å². The molecule has 0 aliphatic heterocycles. The van der Waals surface area contributed by atoms with E-state index in [0.29, 0.717) is 13.1 Å². The molecule has 0 saturated carbocycles. The first-order chi connectivity index (χ1) is 32.2. The van der Waals surface area contributed by atoms with Crippen LogP contribution in [0.15, 0.2) is 48.5 Å². The molecule has 24 nitrogen and oxygen atoms in total. The zero-order valence-corrected chi connectivity index (χ0v) is 39.5. The predicted octanol–water partition coefficient (Wildman–Crippen LogP) is 1.95. The maximum atomic E-state index is 10.4. The average Bonchev–Trinajstić information content (AvgIpc) is 3.30. The van der Waals surface area contributed by atoms with Crippen LogP contribution in [0.25, 0.3) is 0 Å². The van der Waals surface area contributed by atoms with Crippen molar-refractivity contribution in [2.24, 2.45) is 0 Å². The molecule has 26 heteroatoms. The van der Waals surface area contributed by atoms with E-state index in [1.165, 1.54) is 38.5 Å². The first-order valence-electron chi connectivity index (χ1n) is 20.8. The summed E-state index contributed by atoms with van der Waals surface area (Å²) in [5, 5.41) is 93.7. The largest absolute Gasteiger partial charge is 0.496 e. The molecule has 0 saturated heterocycles. The molecule has 0 fully saturated rings. The van der Waals surface area contributed by atoms with Gasteiger partial charge in [0, 0.05) is 48.8 Å². The Morgan fingerprint density at radius 3 is 0.912 bits per heavy atom. The van der Waals surface area contributed by atoms with Crippen molar-refractivity contribution in [3.8, 4) is 11.5 Å². The van der Waals surface area contributed by atoms with Crippen molar-refractivity contribution in [1.82, 2.24) is 21.3 Å². The summed E-state index contributed by atoms with van der Waals surface area (Å²) in [5.41, 5.74) is 1.68. The fraction of sp³-hybridized carbons (Fsp3) is 0.524. The van der Waals surface area contributed by atoms with E-state index in [2.05, 4.69) is 21.3 Å². The van der Waals surface area contributed by atoms with Gasteiger partial charge in [0.25, 0.3) is 0 Å². The summed E-state index contributed by atoms with van der Waals surface area (Å²) in [6.45, 7) is 7.28. The molecule has 0 bridgehead atoms. The molecule has 0 aromatic heterocycles. The standard InChI is InChI=1S/C34H58N4O4S2.4C2H2O4/c1-41-33-17-9-7-15-29(33)31(39)27-37-21-13-5-3-11-19-35-23-25-43-44-26-24-36-20-12-4-6-14-22-38-28-32(40)30-16-8-10-18-34(30)42-2;4*3-1(4)2(5)6/h7-10,15-18,31-32,35-40H,3-6,11-14,19-28H2,1-2H3;4*(H,3,4)(H,5,6). The highest BCUT2D eigenvalue weighted by Crippen LogP contribution is 2.25. The number of rotatable bonds is 29. The number of carboxylic acids is 8. The minimum Gasteiger partial charge on any atom is -0.496 e. The molecular weight excluding hydrogens is 945 g/mol. The quantitative estimate of drug-likeness (QED) is 0.0314. The lowest BCUT2D eigenvalue weighted by Gasteiger charge is -2.15. The van der Waals surface area contributed by atoms with Gasteiger partial charge in [0.2, 0.25) is 0 Å². The number of carboxylic acid groups (broad SMARTS) is 8. The summed E-state index contributed by atoms with van der Waals surface area (Å²) in [6, 6.07) is 15.3. The van der Waals surface area contributed by atoms with Crippen molar-refractivity contribution in [3.05, 3.63) is 59.7 Å². The number of unbranched alkanes of at least 4 members (excludes halogenated alkanes) is 6. The maximum Gasteiger partial charge on any atom is 0.414 e. The summed E-state index contributed by atoms with van der Waals surface area (Å²) in [6.07, 6.45) is 8.52. The number of aliphatic carboxylic acids is 8. The van der Waals surface area contributed by atoms with E-state index in [4.69, 9.17) is 88.7 Å². The lowest BCUT2D eigenvalue weighted by Crippen LogP contribution is -2.23. The number of para-hydroxylation sites is 2. The number of methoxy groups -OCH3 is 2. The number of aliphatic hydroxyl groups is 2. The lowest BCUT2D eigenvalue weighted by atomic mass is 10.1. The molecule has 2 unspecified atom stereocenters. The first-order valence-corrected chi connectivity index (χ1v) is 23.3. The fourth-order valence-electron chi connectivity index (χ4n) is 4.88. The van der Waals surface area contributed by atoms with Crippen molar-refractivity contribution in [3.63, 3.8) is 0 Å². The number of hydrogen-bond donors (Lipinski definition) is 14. The van der Waals surface area contributed by atoms with E-state index in [9.17, 15) is 10.2 Å². The molecule has 0 heterocycles. The van der Waals surface area contributed by atoms with Crippen LogP contribution >= 0.6 is 21.6 Å². The van der Waals surface area contributed by atoms with E-state index >= 15 is 0 Å². The third kappa shape index (κ3) is 41.7. The van der Waals surface area contributed by atoms with Crippen molar-refractivity contribution < 1.29 is 98.9 Å². The van der Waals surface area contributed by atoms with Crippen LogP contribution in [0.4, 0.5) is 0 Å². The van der Waals surface area contributed by atoms with Gasteiger partial charge >= 0.3 is 47.8 Å². The van der Waals surface area contributed by atoms with Crippen LogP contribution < -0.4 is 30.7 Å².